The molecule has 0 aromatic rings. The van der Waals surface area contributed by atoms with Crippen LogP contribution in [0.15, 0.2) is 0 Å². The van der Waals surface area contributed by atoms with Gasteiger partial charge in [-0.25, -0.2) is 0 Å². The lowest BCUT2D eigenvalue weighted by Gasteiger charge is -2.41. The zero-order chi connectivity index (χ0) is 20.6. The molecule has 0 aromatic carbocycles. The Labute approximate surface area is 165 Å². The van der Waals surface area contributed by atoms with E-state index >= 15 is 0 Å². The molecular weight excluding hydrogens is 401 g/mol. The van der Waals surface area contributed by atoms with Gasteiger partial charge in [0.05, 0.1) is 32.2 Å². The van der Waals surface area contributed by atoms with Crippen LogP contribution in [-0.2, 0) is 26.6 Å². The predicted molar refractivity (Wildman–Crippen MR) is 117 cm³/mol. The summed E-state index contributed by atoms with van der Waals surface area (Å²) < 4.78 is 36.0. The van der Waals surface area contributed by atoms with Crippen molar-refractivity contribution in [2.75, 3.05) is 33.2 Å². The molecule has 0 amide bonds. The maximum atomic E-state index is 6.56. The molecular formula is C16H42O6Si4. The summed E-state index contributed by atoms with van der Waals surface area (Å²) in [5.41, 5.74) is 0. The normalized spacial score (nSPS) is 17.2. The van der Waals surface area contributed by atoms with E-state index in [0.29, 0.717) is 26.1 Å². The zero-order valence-corrected chi connectivity index (χ0v) is 22.9. The van der Waals surface area contributed by atoms with Gasteiger partial charge in [0.2, 0.25) is 0 Å². The number of hydrogen-bond acceptors (Lipinski definition) is 6. The van der Waals surface area contributed by atoms with Gasteiger partial charge in [0.25, 0.3) is 0 Å². The van der Waals surface area contributed by atoms with Gasteiger partial charge in [-0.3, -0.25) is 0 Å². The molecule has 0 saturated carbocycles. The summed E-state index contributed by atoms with van der Waals surface area (Å²) in [7, 11) is -6.52. The Balaban J connectivity index is 4.68. The summed E-state index contributed by atoms with van der Waals surface area (Å²) in [5, 5.41) is 0. The average Bonchev–Trinajstić information content (AvgIpc) is 2.36. The predicted octanol–water partition coefficient (Wildman–Crippen LogP) is 4.09. The van der Waals surface area contributed by atoms with E-state index in [4.69, 9.17) is 26.6 Å². The first-order chi connectivity index (χ1) is 11.6. The van der Waals surface area contributed by atoms with Crippen molar-refractivity contribution in [3.63, 3.8) is 0 Å². The molecule has 2 unspecified atom stereocenters. The zero-order valence-electron chi connectivity index (χ0n) is 18.9. The molecule has 158 valence electrons. The first-order valence-electron chi connectivity index (χ1n) is 9.36. The number of ether oxygens (including phenoxy) is 3. The second-order valence-corrected chi connectivity index (χ2v) is 25.5. The lowest BCUT2D eigenvalue weighted by atomic mass is 10.4. The van der Waals surface area contributed by atoms with E-state index in [2.05, 4.69) is 58.9 Å². The van der Waals surface area contributed by atoms with Crippen LogP contribution in [-0.4, -0.2) is 73.0 Å². The van der Waals surface area contributed by atoms with E-state index in [9.17, 15) is 0 Å². The van der Waals surface area contributed by atoms with Crippen molar-refractivity contribution >= 4 is 33.8 Å². The Morgan fingerprint density at radius 2 is 1.19 bits per heavy atom. The molecule has 0 aromatic heterocycles. The molecule has 0 aliphatic heterocycles. The molecule has 0 bridgehead atoms. The number of hydrogen-bond donors (Lipinski definition) is 0. The second-order valence-electron chi connectivity index (χ2n) is 9.24. The third-order valence-electron chi connectivity index (χ3n) is 3.03. The fraction of sp³-hybridized carbons (Fsp3) is 1.00. The molecule has 0 saturated heterocycles. The fourth-order valence-corrected chi connectivity index (χ4v) is 20.0. The first kappa shape index (κ1) is 26.6. The monoisotopic (exact) mass is 442 g/mol. The SMILES string of the molecule is COC(C)COCCOC[Si](C)(O[Si](C)(C)C)O[Si](C)(C)O[Si](C)(C)C. The van der Waals surface area contributed by atoms with Crippen LogP contribution in [0.2, 0.25) is 58.9 Å². The van der Waals surface area contributed by atoms with E-state index in [0.717, 1.165) is 0 Å². The molecule has 0 rings (SSSR count). The smallest absolute Gasteiger partial charge is 0.342 e. The van der Waals surface area contributed by atoms with Gasteiger partial charge in [-0.15, -0.1) is 0 Å². The van der Waals surface area contributed by atoms with Crippen LogP contribution in [0.5, 0.6) is 0 Å². The third kappa shape index (κ3) is 14.7. The highest BCUT2D eigenvalue weighted by Gasteiger charge is 2.44. The standard InChI is InChI=1S/C16H42O6Si4/c1-16(17-2)14-18-12-13-19-15-26(11,21-24(6,7)8)22-25(9,10)20-23(3,4)5/h16H,12-15H2,1-11H3. The summed E-state index contributed by atoms with van der Waals surface area (Å²) >= 11 is 0. The summed E-state index contributed by atoms with van der Waals surface area (Å²) in [4.78, 5) is 0. The van der Waals surface area contributed by atoms with Crippen LogP contribution < -0.4 is 0 Å². The third-order valence-corrected chi connectivity index (χ3v) is 16.0. The van der Waals surface area contributed by atoms with Crippen LogP contribution >= 0.6 is 0 Å². The molecule has 0 N–H and O–H groups in total. The maximum absolute atomic E-state index is 6.56. The Hall–Kier alpha value is 0.628. The van der Waals surface area contributed by atoms with Crippen molar-refractivity contribution in [2.24, 2.45) is 0 Å². The van der Waals surface area contributed by atoms with Crippen LogP contribution in [0.1, 0.15) is 6.92 Å². The topological polar surface area (TPSA) is 55.4 Å². The first-order valence-corrected chi connectivity index (χ1v) is 21.5. The maximum Gasteiger partial charge on any atom is 0.342 e. The van der Waals surface area contributed by atoms with Crippen molar-refractivity contribution in [3.05, 3.63) is 0 Å². The lowest BCUT2D eigenvalue weighted by Crippen LogP contribution is -2.59. The largest absolute Gasteiger partial charge is 0.437 e. The van der Waals surface area contributed by atoms with E-state index in [1.165, 1.54) is 0 Å². The second kappa shape index (κ2) is 11.0. The van der Waals surface area contributed by atoms with Gasteiger partial charge >= 0.3 is 17.1 Å². The highest BCUT2D eigenvalue weighted by molar-refractivity contribution is 6.89. The lowest BCUT2D eigenvalue weighted by molar-refractivity contribution is -0.00336. The highest BCUT2D eigenvalue weighted by atomic mass is 28.5. The van der Waals surface area contributed by atoms with Gasteiger partial charge in [0, 0.05) is 7.11 Å². The molecule has 10 heteroatoms. The van der Waals surface area contributed by atoms with Gasteiger partial charge in [-0.05, 0) is 65.8 Å². The molecule has 0 spiro atoms. The molecule has 0 aliphatic rings. The Morgan fingerprint density at radius 1 is 0.692 bits per heavy atom. The van der Waals surface area contributed by atoms with E-state index in [-0.39, 0.29) is 6.10 Å². The van der Waals surface area contributed by atoms with Crippen molar-refractivity contribution in [3.8, 4) is 0 Å². The van der Waals surface area contributed by atoms with Crippen molar-refractivity contribution < 1.29 is 26.6 Å². The molecule has 2 atom stereocenters. The van der Waals surface area contributed by atoms with Gasteiger partial charge in [0.1, 0.15) is 0 Å². The molecule has 0 radical (unpaired) electrons. The molecule has 0 aliphatic carbocycles. The summed E-state index contributed by atoms with van der Waals surface area (Å²) in [6.45, 7) is 23.1. The van der Waals surface area contributed by atoms with Crippen molar-refractivity contribution in [1.29, 1.82) is 0 Å². The molecule has 6 nitrogen and oxygen atoms in total. The Bertz CT molecular complexity index is 397. The van der Waals surface area contributed by atoms with Gasteiger partial charge in [-0.1, -0.05) is 0 Å². The minimum atomic E-state index is -2.49. The van der Waals surface area contributed by atoms with Crippen molar-refractivity contribution in [2.45, 2.75) is 72.0 Å². The summed E-state index contributed by atoms with van der Waals surface area (Å²) in [6.07, 6.45) is 0.588. The Kier molecular flexibility index (Phi) is 11.2. The highest BCUT2D eigenvalue weighted by Crippen LogP contribution is 2.24. The van der Waals surface area contributed by atoms with Crippen LogP contribution in [0.4, 0.5) is 0 Å². The van der Waals surface area contributed by atoms with Crippen molar-refractivity contribution in [1.82, 2.24) is 0 Å². The van der Waals surface area contributed by atoms with E-state index in [1.54, 1.807) is 7.11 Å². The minimum Gasteiger partial charge on any atom is -0.437 e. The van der Waals surface area contributed by atoms with Crippen LogP contribution in [0, 0.1) is 0 Å². The number of methoxy groups -OCH3 is 1. The quantitative estimate of drug-likeness (QED) is 0.298. The van der Waals surface area contributed by atoms with E-state index in [1.807, 2.05) is 6.92 Å². The molecule has 0 fully saturated rings. The van der Waals surface area contributed by atoms with E-state index < -0.39 is 33.8 Å². The number of rotatable bonds is 14. The average molecular weight is 443 g/mol. The van der Waals surface area contributed by atoms with Gasteiger partial charge in [-0.2, -0.15) is 0 Å². The molecule has 0 heterocycles. The minimum absolute atomic E-state index is 0.0960. The fourth-order valence-electron chi connectivity index (χ4n) is 2.70. The summed E-state index contributed by atoms with van der Waals surface area (Å²) in [6, 6.07) is 0. The van der Waals surface area contributed by atoms with Crippen LogP contribution in [0.25, 0.3) is 0 Å². The Morgan fingerprint density at radius 3 is 1.65 bits per heavy atom. The summed E-state index contributed by atoms with van der Waals surface area (Å²) in [5.74, 6) is 0. The van der Waals surface area contributed by atoms with Crippen LogP contribution in [0.3, 0.4) is 0 Å². The van der Waals surface area contributed by atoms with Gasteiger partial charge < -0.3 is 26.6 Å². The molecule has 26 heavy (non-hydrogen) atoms. The van der Waals surface area contributed by atoms with Gasteiger partial charge in [0.15, 0.2) is 16.6 Å².